The quantitative estimate of drug-likeness (QED) is 0.827. The number of benzene rings is 1. The van der Waals surface area contributed by atoms with Crippen molar-refractivity contribution in [2.24, 2.45) is 0 Å². The number of nitrogens with one attached hydrogen (secondary N) is 1. The highest BCUT2D eigenvalue weighted by molar-refractivity contribution is 5.85. The number of pyridine rings is 1. The lowest BCUT2D eigenvalue weighted by atomic mass is 9.99. The number of rotatable bonds is 7. The Balaban J connectivity index is 2.31. The van der Waals surface area contributed by atoms with Gasteiger partial charge in [-0.1, -0.05) is 31.2 Å². The molecule has 3 nitrogen and oxygen atoms in total. The Morgan fingerprint density at radius 1 is 1.26 bits per heavy atom. The summed E-state index contributed by atoms with van der Waals surface area (Å²) in [5.41, 5.74) is 1.27. The molecule has 0 aliphatic heterocycles. The summed E-state index contributed by atoms with van der Waals surface area (Å²) >= 11 is 0. The van der Waals surface area contributed by atoms with E-state index in [1.54, 1.807) is 7.11 Å². The van der Waals surface area contributed by atoms with Crippen LogP contribution in [-0.2, 0) is 4.74 Å². The zero-order chi connectivity index (χ0) is 13.5. The first-order valence-corrected chi connectivity index (χ1v) is 6.91. The summed E-state index contributed by atoms with van der Waals surface area (Å²) in [7, 11) is 1.75. The molecule has 0 aliphatic carbocycles. The first-order valence-electron chi connectivity index (χ1n) is 6.91. The molecule has 1 aromatic heterocycles. The summed E-state index contributed by atoms with van der Waals surface area (Å²) in [6.45, 7) is 3.95. The van der Waals surface area contributed by atoms with Crippen LogP contribution in [0.4, 0.5) is 0 Å². The molecule has 2 aromatic rings. The molecule has 1 N–H and O–H groups in total. The smallest absolute Gasteiger partial charge is 0.0480 e. The molecule has 0 aliphatic rings. The van der Waals surface area contributed by atoms with Gasteiger partial charge >= 0.3 is 0 Å². The van der Waals surface area contributed by atoms with Crippen LogP contribution >= 0.6 is 0 Å². The molecule has 0 saturated heterocycles. The fraction of sp³-hybridized carbons (Fsp3) is 0.438. The van der Waals surface area contributed by atoms with Gasteiger partial charge in [0.2, 0.25) is 0 Å². The molecule has 0 fully saturated rings. The van der Waals surface area contributed by atoms with Gasteiger partial charge in [-0.15, -0.1) is 0 Å². The third-order valence-electron chi connectivity index (χ3n) is 3.33. The molecule has 19 heavy (non-hydrogen) atoms. The lowest BCUT2D eigenvalue weighted by molar-refractivity contribution is 0.183. The monoisotopic (exact) mass is 258 g/mol. The van der Waals surface area contributed by atoms with Crippen molar-refractivity contribution in [2.45, 2.75) is 25.8 Å². The molecule has 102 valence electrons. The maximum Gasteiger partial charge on any atom is 0.0480 e. The number of methoxy groups -OCH3 is 1. The summed E-state index contributed by atoms with van der Waals surface area (Å²) in [6, 6.07) is 8.72. The van der Waals surface area contributed by atoms with Crippen molar-refractivity contribution < 1.29 is 4.74 Å². The van der Waals surface area contributed by atoms with Gasteiger partial charge in [0.05, 0.1) is 0 Å². The summed E-state index contributed by atoms with van der Waals surface area (Å²) < 4.78 is 5.23. The average molecular weight is 258 g/mol. The van der Waals surface area contributed by atoms with E-state index in [4.69, 9.17) is 4.74 Å². The van der Waals surface area contributed by atoms with E-state index in [1.807, 2.05) is 12.4 Å². The molecule has 1 heterocycles. The number of ether oxygens (including phenoxy) is 1. The number of hydrogen-bond donors (Lipinski definition) is 1. The molecule has 0 saturated carbocycles. The Bertz CT molecular complexity index is 500. The second-order valence-electron chi connectivity index (χ2n) is 4.74. The largest absolute Gasteiger partial charge is 0.385 e. The molecule has 1 aromatic carbocycles. The van der Waals surface area contributed by atoms with Crippen molar-refractivity contribution in [1.29, 1.82) is 0 Å². The van der Waals surface area contributed by atoms with Gasteiger partial charge in [0.25, 0.3) is 0 Å². The highest BCUT2D eigenvalue weighted by Crippen LogP contribution is 2.25. The topological polar surface area (TPSA) is 34.1 Å². The minimum absolute atomic E-state index is 0.304. The summed E-state index contributed by atoms with van der Waals surface area (Å²) in [5, 5.41) is 6.07. The summed E-state index contributed by atoms with van der Waals surface area (Å²) in [6.07, 6.45) is 5.99. The van der Waals surface area contributed by atoms with E-state index in [9.17, 15) is 0 Å². The van der Waals surface area contributed by atoms with Crippen LogP contribution in [0.2, 0.25) is 0 Å². The van der Waals surface area contributed by atoms with E-state index in [1.165, 1.54) is 16.3 Å². The van der Waals surface area contributed by atoms with E-state index >= 15 is 0 Å². The molecular weight excluding hydrogens is 236 g/mol. The normalized spacial score (nSPS) is 12.7. The summed E-state index contributed by atoms with van der Waals surface area (Å²) in [4.78, 5) is 4.37. The van der Waals surface area contributed by atoms with Gasteiger partial charge in [-0.25, -0.2) is 0 Å². The van der Waals surface area contributed by atoms with Crippen molar-refractivity contribution >= 4 is 10.8 Å². The Morgan fingerprint density at radius 3 is 2.89 bits per heavy atom. The van der Waals surface area contributed by atoms with Crippen LogP contribution in [0.3, 0.4) is 0 Å². The summed E-state index contributed by atoms with van der Waals surface area (Å²) in [5.74, 6) is 0. The highest BCUT2D eigenvalue weighted by atomic mass is 16.5. The van der Waals surface area contributed by atoms with Crippen molar-refractivity contribution in [1.82, 2.24) is 10.3 Å². The molecule has 3 heteroatoms. The van der Waals surface area contributed by atoms with Gasteiger partial charge < -0.3 is 10.1 Å². The second-order valence-corrected chi connectivity index (χ2v) is 4.74. The predicted octanol–water partition coefficient (Wildman–Crippen LogP) is 3.31. The molecule has 1 unspecified atom stereocenters. The third-order valence-corrected chi connectivity index (χ3v) is 3.33. The van der Waals surface area contributed by atoms with Gasteiger partial charge in [-0.05, 0) is 30.3 Å². The van der Waals surface area contributed by atoms with Crippen LogP contribution in [0.25, 0.3) is 10.8 Å². The molecule has 0 bridgehead atoms. The Labute approximate surface area is 115 Å². The van der Waals surface area contributed by atoms with Crippen LogP contribution in [-0.4, -0.2) is 25.2 Å². The van der Waals surface area contributed by atoms with Gasteiger partial charge in [-0.2, -0.15) is 0 Å². The van der Waals surface area contributed by atoms with E-state index in [-0.39, 0.29) is 0 Å². The van der Waals surface area contributed by atoms with Crippen molar-refractivity contribution in [2.75, 3.05) is 20.3 Å². The number of fused-ring (bicyclic) bond motifs is 1. The van der Waals surface area contributed by atoms with Gasteiger partial charge in [0, 0.05) is 37.5 Å². The Hall–Kier alpha value is -1.45. The predicted molar refractivity (Wildman–Crippen MR) is 79.3 cm³/mol. The standard InChI is InChI=1S/C16H22N2O/c1-3-9-18-16(8-10-19-2)15-12-17-11-13-6-4-5-7-14(13)15/h4-7,11-12,16,18H,3,8-10H2,1-2H3. The lowest BCUT2D eigenvalue weighted by Crippen LogP contribution is -2.23. The number of aromatic nitrogens is 1. The van der Waals surface area contributed by atoms with Crippen LogP contribution in [0.1, 0.15) is 31.4 Å². The molecular formula is C16H22N2O. The maximum absolute atomic E-state index is 5.23. The lowest BCUT2D eigenvalue weighted by Gasteiger charge is -2.20. The molecule has 0 amide bonds. The molecule has 0 radical (unpaired) electrons. The zero-order valence-electron chi connectivity index (χ0n) is 11.7. The zero-order valence-corrected chi connectivity index (χ0v) is 11.7. The Kier molecular flexibility index (Phi) is 5.31. The first kappa shape index (κ1) is 14.0. The SMILES string of the molecule is CCCNC(CCOC)c1cncc2ccccc12. The fourth-order valence-corrected chi connectivity index (χ4v) is 2.34. The van der Waals surface area contributed by atoms with Crippen LogP contribution in [0.5, 0.6) is 0 Å². The average Bonchev–Trinajstić information content (AvgIpc) is 2.47. The minimum Gasteiger partial charge on any atom is -0.385 e. The van der Waals surface area contributed by atoms with E-state index < -0.39 is 0 Å². The van der Waals surface area contributed by atoms with E-state index in [0.717, 1.165) is 26.0 Å². The van der Waals surface area contributed by atoms with Crippen LogP contribution in [0, 0.1) is 0 Å². The molecule has 2 rings (SSSR count). The minimum atomic E-state index is 0.304. The number of nitrogens with zero attached hydrogens (tertiary/aromatic N) is 1. The van der Waals surface area contributed by atoms with Crippen LogP contribution in [0.15, 0.2) is 36.7 Å². The van der Waals surface area contributed by atoms with Gasteiger partial charge in [-0.3, -0.25) is 4.98 Å². The number of hydrogen-bond acceptors (Lipinski definition) is 3. The highest BCUT2D eigenvalue weighted by Gasteiger charge is 2.13. The van der Waals surface area contributed by atoms with Crippen LogP contribution < -0.4 is 5.32 Å². The van der Waals surface area contributed by atoms with Gasteiger partial charge in [0.1, 0.15) is 0 Å². The fourth-order valence-electron chi connectivity index (χ4n) is 2.34. The van der Waals surface area contributed by atoms with Crippen molar-refractivity contribution in [3.8, 4) is 0 Å². The molecule has 1 atom stereocenters. The van der Waals surface area contributed by atoms with E-state index in [0.29, 0.717) is 6.04 Å². The second kappa shape index (κ2) is 7.22. The van der Waals surface area contributed by atoms with Crippen molar-refractivity contribution in [3.05, 3.63) is 42.2 Å². The first-order chi connectivity index (χ1) is 9.36. The van der Waals surface area contributed by atoms with E-state index in [2.05, 4.69) is 41.5 Å². The van der Waals surface area contributed by atoms with Gasteiger partial charge in [0.15, 0.2) is 0 Å². The maximum atomic E-state index is 5.23. The van der Waals surface area contributed by atoms with Crippen molar-refractivity contribution in [3.63, 3.8) is 0 Å². The molecule has 0 spiro atoms. The Morgan fingerprint density at radius 2 is 2.11 bits per heavy atom. The third kappa shape index (κ3) is 3.52.